The summed E-state index contributed by atoms with van der Waals surface area (Å²) < 4.78 is 50.5. The standard InChI is InChI=1S/C19H14F4N4O/c20-9-1-4-16(28)25-11-15-26-17(14-3-2-10-24-18(14)27-15)12-5-7-13(8-6-12)19(21,22)23/h1-8,10H,9,11H2,(H,25,28)/b4-1+. The molecule has 0 radical (unpaired) electrons. The average molecular weight is 390 g/mol. The van der Waals surface area contributed by atoms with E-state index in [2.05, 4.69) is 20.3 Å². The molecule has 0 saturated heterocycles. The van der Waals surface area contributed by atoms with Crippen molar-refractivity contribution in [1.82, 2.24) is 20.3 Å². The van der Waals surface area contributed by atoms with E-state index in [1.54, 1.807) is 12.1 Å². The maximum absolute atomic E-state index is 12.8. The summed E-state index contributed by atoms with van der Waals surface area (Å²) in [5, 5.41) is 3.08. The second kappa shape index (κ2) is 8.12. The topological polar surface area (TPSA) is 67.8 Å². The summed E-state index contributed by atoms with van der Waals surface area (Å²) in [6.07, 6.45) is -0.795. The third-order valence-electron chi connectivity index (χ3n) is 3.78. The minimum atomic E-state index is -4.43. The molecule has 0 aliphatic carbocycles. The van der Waals surface area contributed by atoms with Gasteiger partial charge in [0.1, 0.15) is 6.67 Å². The van der Waals surface area contributed by atoms with Crippen molar-refractivity contribution in [3.05, 3.63) is 66.1 Å². The minimum absolute atomic E-state index is 0.0460. The molecule has 3 aromatic rings. The van der Waals surface area contributed by atoms with Crippen LogP contribution < -0.4 is 5.32 Å². The average Bonchev–Trinajstić information content (AvgIpc) is 2.69. The Kier molecular flexibility index (Phi) is 5.62. The van der Waals surface area contributed by atoms with Crippen molar-refractivity contribution in [3.63, 3.8) is 0 Å². The van der Waals surface area contributed by atoms with Crippen LogP contribution in [0.1, 0.15) is 11.4 Å². The lowest BCUT2D eigenvalue weighted by atomic mass is 10.1. The van der Waals surface area contributed by atoms with E-state index in [0.29, 0.717) is 22.3 Å². The van der Waals surface area contributed by atoms with Crippen molar-refractivity contribution >= 4 is 16.9 Å². The number of fused-ring (bicyclic) bond motifs is 1. The predicted molar refractivity (Wildman–Crippen MR) is 94.7 cm³/mol. The van der Waals surface area contributed by atoms with Crippen LogP contribution in [0.4, 0.5) is 17.6 Å². The van der Waals surface area contributed by atoms with Crippen molar-refractivity contribution in [2.75, 3.05) is 6.67 Å². The minimum Gasteiger partial charge on any atom is -0.345 e. The molecule has 28 heavy (non-hydrogen) atoms. The quantitative estimate of drug-likeness (QED) is 0.531. The summed E-state index contributed by atoms with van der Waals surface area (Å²) in [6, 6.07) is 7.98. The second-order valence-corrected chi connectivity index (χ2v) is 5.71. The fraction of sp³-hybridized carbons (Fsp3) is 0.158. The van der Waals surface area contributed by atoms with Gasteiger partial charge in [-0.2, -0.15) is 13.2 Å². The highest BCUT2D eigenvalue weighted by Gasteiger charge is 2.30. The maximum atomic E-state index is 12.8. The van der Waals surface area contributed by atoms with E-state index in [1.807, 2.05) is 0 Å². The molecule has 0 atom stereocenters. The van der Waals surface area contributed by atoms with Crippen LogP contribution in [0.15, 0.2) is 54.7 Å². The highest BCUT2D eigenvalue weighted by Crippen LogP contribution is 2.32. The normalized spacial score (nSPS) is 11.9. The molecule has 2 heterocycles. The van der Waals surface area contributed by atoms with Crippen molar-refractivity contribution in [1.29, 1.82) is 0 Å². The molecule has 1 N–H and O–H groups in total. The van der Waals surface area contributed by atoms with Gasteiger partial charge >= 0.3 is 6.18 Å². The Bertz CT molecular complexity index is 1020. The van der Waals surface area contributed by atoms with Gasteiger partial charge in [0.25, 0.3) is 0 Å². The lowest BCUT2D eigenvalue weighted by Crippen LogP contribution is -2.22. The van der Waals surface area contributed by atoms with Crippen LogP contribution in [0.5, 0.6) is 0 Å². The number of benzene rings is 1. The number of amides is 1. The van der Waals surface area contributed by atoms with Gasteiger partial charge in [-0.3, -0.25) is 4.79 Å². The molecular weight excluding hydrogens is 376 g/mol. The number of carbonyl (C=O) groups excluding carboxylic acids is 1. The van der Waals surface area contributed by atoms with Crippen LogP contribution in [0.25, 0.3) is 22.3 Å². The van der Waals surface area contributed by atoms with Crippen LogP contribution in [0.2, 0.25) is 0 Å². The molecule has 3 rings (SSSR count). The van der Waals surface area contributed by atoms with Crippen molar-refractivity contribution in [2.45, 2.75) is 12.7 Å². The zero-order valence-corrected chi connectivity index (χ0v) is 14.4. The molecule has 0 aliphatic heterocycles. The van der Waals surface area contributed by atoms with E-state index >= 15 is 0 Å². The van der Waals surface area contributed by atoms with E-state index < -0.39 is 24.3 Å². The van der Waals surface area contributed by atoms with Gasteiger partial charge in [-0.25, -0.2) is 19.3 Å². The summed E-state index contributed by atoms with van der Waals surface area (Å²) in [4.78, 5) is 24.4. The molecule has 5 nitrogen and oxygen atoms in total. The fourth-order valence-electron chi connectivity index (χ4n) is 2.50. The molecule has 0 bridgehead atoms. The lowest BCUT2D eigenvalue weighted by molar-refractivity contribution is -0.137. The number of nitrogens with zero attached hydrogens (tertiary/aromatic N) is 3. The van der Waals surface area contributed by atoms with Crippen LogP contribution in [-0.2, 0) is 17.5 Å². The van der Waals surface area contributed by atoms with Crippen molar-refractivity contribution < 1.29 is 22.4 Å². The second-order valence-electron chi connectivity index (χ2n) is 5.71. The van der Waals surface area contributed by atoms with Crippen molar-refractivity contribution in [2.24, 2.45) is 0 Å². The van der Waals surface area contributed by atoms with E-state index in [0.717, 1.165) is 24.3 Å². The fourth-order valence-corrected chi connectivity index (χ4v) is 2.50. The number of alkyl halides is 4. The Balaban J connectivity index is 1.97. The van der Waals surface area contributed by atoms with Crippen molar-refractivity contribution in [3.8, 4) is 11.3 Å². The number of hydrogen-bond acceptors (Lipinski definition) is 4. The first-order chi connectivity index (χ1) is 13.4. The summed E-state index contributed by atoms with van der Waals surface area (Å²) >= 11 is 0. The SMILES string of the molecule is O=C(/C=C/CF)NCc1nc(-c2ccc(C(F)(F)F)cc2)c2cccnc2n1. The molecule has 0 spiro atoms. The molecule has 144 valence electrons. The van der Waals surface area contributed by atoms with Gasteiger partial charge in [0.05, 0.1) is 17.8 Å². The van der Waals surface area contributed by atoms with Gasteiger partial charge in [-0.1, -0.05) is 12.1 Å². The number of allylic oxidation sites excluding steroid dienone is 1. The Hall–Kier alpha value is -3.36. The number of nitrogens with one attached hydrogen (secondary N) is 1. The Morgan fingerprint density at radius 2 is 1.86 bits per heavy atom. The van der Waals surface area contributed by atoms with E-state index in [4.69, 9.17) is 0 Å². The van der Waals surface area contributed by atoms with E-state index in [9.17, 15) is 22.4 Å². The number of halogens is 4. The first-order valence-electron chi connectivity index (χ1n) is 8.18. The highest BCUT2D eigenvalue weighted by atomic mass is 19.4. The molecule has 0 saturated carbocycles. The smallest absolute Gasteiger partial charge is 0.345 e. The molecule has 1 amide bonds. The first-order valence-corrected chi connectivity index (χ1v) is 8.18. The number of aromatic nitrogens is 3. The Morgan fingerprint density at radius 1 is 1.11 bits per heavy atom. The predicted octanol–water partition coefficient (Wildman–Crippen LogP) is 3.85. The molecular formula is C19H14F4N4O. The van der Waals surface area contributed by atoms with Crippen LogP contribution in [-0.4, -0.2) is 27.5 Å². The van der Waals surface area contributed by atoms with Crippen LogP contribution >= 0.6 is 0 Å². The largest absolute Gasteiger partial charge is 0.416 e. The van der Waals surface area contributed by atoms with E-state index in [-0.39, 0.29) is 12.4 Å². The van der Waals surface area contributed by atoms with E-state index in [1.165, 1.54) is 18.3 Å². The molecule has 0 aliphatic rings. The van der Waals surface area contributed by atoms with Crippen LogP contribution in [0.3, 0.4) is 0 Å². The molecule has 1 aromatic carbocycles. The molecule has 9 heteroatoms. The maximum Gasteiger partial charge on any atom is 0.416 e. The van der Waals surface area contributed by atoms with Gasteiger partial charge < -0.3 is 5.32 Å². The monoisotopic (exact) mass is 390 g/mol. The first kappa shape index (κ1) is 19.4. The molecule has 0 fully saturated rings. The Labute approximate surface area is 157 Å². The molecule has 2 aromatic heterocycles. The summed E-state index contributed by atoms with van der Waals surface area (Å²) in [6.45, 7) is -0.808. The lowest BCUT2D eigenvalue weighted by Gasteiger charge is -2.10. The van der Waals surface area contributed by atoms with Gasteiger partial charge in [0, 0.05) is 23.2 Å². The van der Waals surface area contributed by atoms with Gasteiger partial charge in [0.2, 0.25) is 5.91 Å². The number of rotatable bonds is 5. The third kappa shape index (κ3) is 4.48. The third-order valence-corrected chi connectivity index (χ3v) is 3.78. The van der Waals surface area contributed by atoms with Gasteiger partial charge in [0.15, 0.2) is 11.5 Å². The number of carbonyl (C=O) groups is 1. The van der Waals surface area contributed by atoms with Crippen LogP contribution in [0, 0.1) is 0 Å². The molecule has 0 unspecified atom stereocenters. The zero-order valence-electron chi connectivity index (χ0n) is 14.4. The zero-order chi connectivity index (χ0) is 20.1. The summed E-state index contributed by atoms with van der Waals surface area (Å²) in [5.74, 6) is -0.290. The summed E-state index contributed by atoms with van der Waals surface area (Å²) in [7, 11) is 0. The number of pyridine rings is 1. The number of hydrogen-bond donors (Lipinski definition) is 1. The van der Waals surface area contributed by atoms with Gasteiger partial charge in [-0.15, -0.1) is 0 Å². The Morgan fingerprint density at radius 3 is 2.54 bits per heavy atom. The summed E-state index contributed by atoms with van der Waals surface area (Å²) in [5.41, 5.74) is 0.435. The van der Waals surface area contributed by atoms with Gasteiger partial charge in [-0.05, 0) is 30.3 Å². The highest BCUT2D eigenvalue weighted by molar-refractivity contribution is 5.90.